The van der Waals surface area contributed by atoms with Gasteiger partial charge in [0.25, 0.3) is 0 Å². The maximum Gasteiger partial charge on any atom is 0.346 e. The third kappa shape index (κ3) is 5.14. The van der Waals surface area contributed by atoms with Gasteiger partial charge in [-0.05, 0) is 48.4 Å². The van der Waals surface area contributed by atoms with Crippen molar-refractivity contribution in [3.8, 4) is 11.4 Å². The molecule has 0 saturated carbocycles. The number of amides is 1. The highest BCUT2D eigenvalue weighted by Crippen LogP contribution is 2.24. The number of hydrogen-bond acceptors (Lipinski definition) is 3. The number of nitrogens with one attached hydrogen (secondary N) is 1. The molecule has 9 heteroatoms. The minimum atomic E-state index is -0.399. The van der Waals surface area contributed by atoms with Crippen LogP contribution in [0.5, 0.6) is 0 Å². The van der Waals surface area contributed by atoms with Gasteiger partial charge in [-0.2, -0.15) is 0 Å². The third-order valence-electron chi connectivity index (χ3n) is 4.39. The molecule has 156 valence electrons. The van der Waals surface area contributed by atoms with Gasteiger partial charge in [0, 0.05) is 33.7 Å². The summed E-state index contributed by atoms with van der Waals surface area (Å²) in [5, 5.41) is 8.77. The second-order valence-electron chi connectivity index (χ2n) is 6.47. The molecule has 6 nitrogen and oxygen atoms in total. The van der Waals surface area contributed by atoms with Crippen LogP contribution in [0.25, 0.3) is 11.4 Å². The van der Waals surface area contributed by atoms with Crippen molar-refractivity contribution in [1.82, 2.24) is 19.7 Å². The lowest BCUT2D eigenvalue weighted by Crippen LogP contribution is -2.34. The highest BCUT2D eigenvalue weighted by molar-refractivity contribution is 6.36. The highest BCUT2D eigenvalue weighted by Gasteiger charge is 2.16. The van der Waals surface area contributed by atoms with Crippen molar-refractivity contribution in [1.29, 1.82) is 0 Å². The van der Waals surface area contributed by atoms with Crippen LogP contribution in [-0.4, -0.2) is 26.8 Å². The molecule has 30 heavy (non-hydrogen) atoms. The van der Waals surface area contributed by atoms with Gasteiger partial charge >= 0.3 is 5.69 Å². The molecule has 2 aromatic carbocycles. The van der Waals surface area contributed by atoms with Crippen molar-refractivity contribution >= 4 is 40.7 Å². The zero-order chi connectivity index (χ0) is 21.7. The molecule has 0 fully saturated rings. The predicted molar refractivity (Wildman–Crippen MR) is 120 cm³/mol. The van der Waals surface area contributed by atoms with Gasteiger partial charge in [0.1, 0.15) is 6.54 Å². The lowest BCUT2D eigenvalue weighted by molar-refractivity contribution is -0.121. The smallest absolute Gasteiger partial charge is 0.346 e. The number of carbonyl (C=O) groups is 1. The first-order chi connectivity index (χ1) is 14.4. The summed E-state index contributed by atoms with van der Waals surface area (Å²) in [6, 6.07) is 12.2. The predicted octanol–water partition coefficient (Wildman–Crippen LogP) is 4.22. The Kier molecular flexibility index (Phi) is 7.37. The van der Waals surface area contributed by atoms with E-state index in [1.165, 1.54) is 4.57 Å². The molecule has 0 aliphatic heterocycles. The van der Waals surface area contributed by atoms with Gasteiger partial charge in [0.05, 0.1) is 0 Å². The fourth-order valence-corrected chi connectivity index (χ4v) is 3.65. The molecule has 1 heterocycles. The first-order valence-electron chi connectivity index (χ1n) is 9.14. The van der Waals surface area contributed by atoms with Crippen LogP contribution in [0, 0.1) is 0 Å². The summed E-state index contributed by atoms with van der Waals surface area (Å²) in [6.07, 6.45) is 2.07. The molecule has 0 aliphatic carbocycles. The SMILES string of the molecule is C=CCn1c(-c2ccc(Cl)cc2)nn(CC(=O)NCCc2c(Cl)cccc2Cl)c1=O. The Morgan fingerprint density at radius 3 is 2.40 bits per heavy atom. The van der Waals surface area contributed by atoms with E-state index in [4.69, 9.17) is 34.8 Å². The van der Waals surface area contributed by atoms with E-state index in [1.54, 1.807) is 48.5 Å². The van der Waals surface area contributed by atoms with Crippen molar-refractivity contribution in [2.24, 2.45) is 0 Å². The monoisotopic (exact) mass is 464 g/mol. The Hall–Kier alpha value is -2.54. The summed E-state index contributed by atoms with van der Waals surface area (Å²) in [7, 11) is 0. The van der Waals surface area contributed by atoms with Gasteiger partial charge in [0.15, 0.2) is 5.82 Å². The normalized spacial score (nSPS) is 10.8. The number of rotatable bonds is 8. The Labute approximate surface area is 188 Å². The maximum atomic E-state index is 12.7. The van der Waals surface area contributed by atoms with Gasteiger partial charge in [0.2, 0.25) is 5.91 Å². The lowest BCUT2D eigenvalue weighted by Gasteiger charge is -2.08. The Morgan fingerprint density at radius 1 is 1.10 bits per heavy atom. The van der Waals surface area contributed by atoms with Crippen molar-refractivity contribution in [2.45, 2.75) is 19.5 Å². The van der Waals surface area contributed by atoms with Crippen LogP contribution in [0.2, 0.25) is 15.1 Å². The van der Waals surface area contributed by atoms with E-state index in [0.717, 1.165) is 10.2 Å². The van der Waals surface area contributed by atoms with Gasteiger partial charge in [-0.3, -0.25) is 9.36 Å². The molecule has 0 unspecified atom stereocenters. The van der Waals surface area contributed by atoms with Crippen molar-refractivity contribution in [3.63, 3.8) is 0 Å². The van der Waals surface area contributed by atoms with E-state index >= 15 is 0 Å². The number of halogens is 3. The van der Waals surface area contributed by atoms with Gasteiger partial charge in [-0.15, -0.1) is 11.7 Å². The third-order valence-corrected chi connectivity index (χ3v) is 5.35. The quantitative estimate of drug-likeness (QED) is 0.507. The molecule has 3 rings (SSSR count). The van der Waals surface area contributed by atoms with Gasteiger partial charge in [-0.25, -0.2) is 9.48 Å². The van der Waals surface area contributed by atoms with Crippen molar-refractivity contribution in [3.05, 3.63) is 86.2 Å². The number of allylic oxidation sites excluding steroid dienone is 1. The average Bonchev–Trinajstić information content (AvgIpc) is 3.01. The Bertz CT molecular complexity index is 1100. The number of aromatic nitrogens is 3. The minimum absolute atomic E-state index is 0.209. The Balaban J connectivity index is 1.72. The van der Waals surface area contributed by atoms with Crippen LogP contribution in [0.3, 0.4) is 0 Å². The molecule has 0 spiro atoms. The summed E-state index contributed by atoms with van der Waals surface area (Å²) in [5.74, 6) is 0.0957. The number of hydrogen-bond donors (Lipinski definition) is 1. The second-order valence-corrected chi connectivity index (χ2v) is 7.72. The molecule has 3 aromatic rings. The minimum Gasteiger partial charge on any atom is -0.354 e. The fraction of sp³-hybridized carbons (Fsp3) is 0.190. The number of carbonyl (C=O) groups excluding carboxylic acids is 1. The van der Waals surface area contributed by atoms with Gasteiger partial charge in [-0.1, -0.05) is 46.9 Å². The molecular weight excluding hydrogens is 447 g/mol. The summed E-state index contributed by atoms with van der Waals surface area (Å²) in [5.41, 5.74) is 1.08. The van der Waals surface area contributed by atoms with Crippen LogP contribution < -0.4 is 11.0 Å². The van der Waals surface area contributed by atoms with Crippen LogP contribution in [0.4, 0.5) is 0 Å². The van der Waals surface area contributed by atoms with E-state index in [2.05, 4.69) is 17.0 Å². The van der Waals surface area contributed by atoms with Crippen LogP contribution in [0.1, 0.15) is 5.56 Å². The largest absolute Gasteiger partial charge is 0.354 e. The summed E-state index contributed by atoms with van der Waals surface area (Å²) in [6.45, 7) is 4.07. The van der Waals surface area contributed by atoms with Crippen molar-refractivity contribution in [2.75, 3.05) is 6.54 Å². The van der Waals surface area contributed by atoms with Crippen molar-refractivity contribution < 1.29 is 4.79 Å². The van der Waals surface area contributed by atoms with Crippen LogP contribution in [0.15, 0.2) is 59.9 Å². The molecule has 0 radical (unpaired) electrons. The maximum absolute atomic E-state index is 12.7. The first-order valence-corrected chi connectivity index (χ1v) is 10.3. The van der Waals surface area contributed by atoms with Crippen LogP contribution >= 0.6 is 34.8 Å². The molecule has 1 amide bonds. The molecular formula is C21H19Cl3N4O2. The molecule has 1 N–H and O–H groups in total. The second kappa shape index (κ2) is 9.98. The fourth-order valence-electron chi connectivity index (χ4n) is 2.94. The molecule has 1 aromatic heterocycles. The summed E-state index contributed by atoms with van der Waals surface area (Å²) in [4.78, 5) is 25.1. The summed E-state index contributed by atoms with van der Waals surface area (Å²) < 4.78 is 2.58. The van der Waals surface area contributed by atoms with E-state index < -0.39 is 5.69 Å². The van der Waals surface area contributed by atoms with Gasteiger partial charge < -0.3 is 5.32 Å². The zero-order valence-electron chi connectivity index (χ0n) is 15.9. The first kappa shape index (κ1) is 22.2. The average molecular weight is 466 g/mol. The zero-order valence-corrected chi connectivity index (χ0v) is 18.2. The molecule has 0 atom stereocenters. The molecule has 0 saturated heterocycles. The van der Waals surface area contributed by atoms with E-state index in [1.807, 2.05) is 0 Å². The number of nitrogens with zero attached hydrogens (tertiary/aromatic N) is 3. The van der Waals surface area contributed by atoms with E-state index in [-0.39, 0.29) is 19.0 Å². The Morgan fingerprint density at radius 2 is 1.77 bits per heavy atom. The molecule has 0 bridgehead atoms. The topological polar surface area (TPSA) is 68.9 Å². The number of benzene rings is 2. The highest BCUT2D eigenvalue weighted by atomic mass is 35.5. The summed E-state index contributed by atoms with van der Waals surface area (Å²) >= 11 is 18.2. The van der Waals surface area contributed by atoms with Crippen LogP contribution in [-0.2, 0) is 24.3 Å². The van der Waals surface area contributed by atoms with E-state index in [9.17, 15) is 9.59 Å². The lowest BCUT2D eigenvalue weighted by atomic mass is 10.1. The standard InChI is InChI=1S/C21H19Cl3N4O2/c1-2-12-27-20(14-6-8-15(22)9-7-14)26-28(21(27)30)13-19(29)25-11-10-16-17(23)4-3-5-18(16)24/h2-9H,1,10-13H2,(H,25,29). The molecule has 0 aliphatic rings. The van der Waals surface area contributed by atoms with E-state index in [0.29, 0.717) is 39.4 Å².